The molecule has 35 heavy (non-hydrogen) atoms. The van der Waals surface area contributed by atoms with E-state index in [4.69, 9.17) is 0 Å². The first-order valence-electron chi connectivity index (χ1n) is 12.1. The van der Waals surface area contributed by atoms with Crippen LogP contribution in [0.1, 0.15) is 12.8 Å². The van der Waals surface area contributed by atoms with Gasteiger partial charge in [0.2, 0.25) is 0 Å². The third kappa shape index (κ3) is 4.50. The summed E-state index contributed by atoms with van der Waals surface area (Å²) in [6.07, 6.45) is 0.830. The number of rotatable bonds is 7. The van der Waals surface area contributed by atoms with Crippen LogP contribution >= 0.6 is 14.3 Å². The van der Waals surface area contributed by atoms with Gasteiger partial charge in [-0.25, -0.2) is 0 Å². The Morgan fingerprint density at radius 3 is 1.34 bits per heavy atom. The van der Waals surface area contributed by atoms with Crippen LogP contribution in [0, 0.1) is 5.92 Å². The molecular weight excluding hydrogens is 470 g/mol. The molecule has 1 aliphatic carbocycles. The highest BCUT2D eigenvalue weighted by Crippen LogP contribution is 2.60. The maximum atomic E-state index is 15.1. The summed E-state index contributed by atoms with van der Waals surface area (Å²) in [4.78, 5) is 0. The summed E-state index contributed by atoms with van der Waals surface area (Å²) in [5, 5.41) is 14.4. The van der Waals surface area contributed by atoms with Crippen molar-refractivity contribution >= 4 is 35.5 Å². The Morgan fingerprint density at radius 1 is 0.571 bits per heavy atom. The largest absolute Gasteiger partial charge is 0.393 e. The number of benzene rings is 4. The van der Waals surface area contributed by atoms with E-state index in [1.165, 1.54) is 0 Å². The summed E-state index contributed by atoms with van der Waals surface area (Å²) in [5.41, 5.74) is -0.289. The Bertz CT molecular complexity index is 1250. The minimum Gasteiger partial charge on any atom is -0.393 e. The number of aliphatic hydroxyl groups is 1. The highest BCUT2D eigenvalue weighted by Gasteiger charge is 2.50. The predicted octanol–water partition coefficient (Wildman–Crippen LogP) is 5.15. The number of hydrogen-bond donors (Lipinski definition) is 1. The molecule has 0 heterocycles. The molecule has 1 N–H and O–H groups in total. The van der Waals surface area contributed by atoms with Crippen molar-refractivity contribution in [3.63, 3.8) is 0 Å². The molecule has 1 saturated carbocycles. The normalized spacial score (nSPS) is 20.5. The third-order valence-electron chi connectivity index (χ3n) is 7.31. The van der Waals surface area contributed by atoms with Crippen molar-refractivity contribution in [2.45, 2.75) is 24.6 Å². The molecule has 178 valence electrons. The lowest BCUT2D eigenvalue weighted by atomic mass is 10.1. The van der Waals surface area contributed by atoms with E-state index in [0.29, 0.717) is 12.8 Å². The van der Waals surface area contributed by atoms with Gasteiger partial charge in [0.05, 0.1) is 6.10 Å². The predicted molar refractivity (Wildman–Crippen MR) is 147 cm³/mol. The van der Waals surface area contributed by atoms with Crippen molar-refractivity contribution in [2.24, 2.45) is 5.92 Å². The zero-order valence-corrected chi connectivity index (χ0v) is 21.3. The zero-order chi connectivity index (χ0) is 24.3. The van der Waals surface area contributed by atoms with Crippen LogP contribution < -0.4 is 21.2 Å². The molecule has 0 aliphatic heterocycles. The topological polar surface area (TPSA) is 54.4 Å². The molecule has 3 atom stereocenters. The Hall–Kier alpha value is -2.70. The Balaban J connectivity index is 1.63. The van der Waals surface area contributed by atoms with Gasteiger partial charge in [-0.1, -0.05) is 121 Å². The van der Waals surface area contributed by atoms with E-state index in [1.54, 1.807) is 0 Å². The van der Waals surface area contributed by atoms with Crippen molar-refractivity contribution < 1.29 is 14.2 Å². The SMILES string of the molecule is O=P(C[C@H]1[C@H](P(=O)(c2ccccc2)c2ccccc2)CC[C@@H]1O)(c1ccccc1)c1ccccc1. The molecule has 0 unspecified atom stereocenters. The van der Waals surface area contributed by atoms with Gasteiger partial charge in [-0.3, -0.25) is 0 Å². The van der Waals surface area contributed by atoms with Crippen LogP contribution in [0.15, 0.2) is 121 Å². The maximum absolute atomic E-state index is 15.1. The molecule has 0 bridgehead atoms. The van der Waals surface area contributed by atoms with Crippen molar-refractivity contribution in [3.8, 4) is 0 Å². The van der Waals surface area contributed by atoms with Gasteiger partial charge in [0.25, 0.3) is 0 Å². The fourth-order valence-electron chi connectivity index (χ4n) is 5.55. The first-order valence-corrected chi connectivity index (χ1v) is 15.8. The summed E-state index contributed by atoms with van der Waals surface area (Å²) < 4.78 is 30.0. The molecule has 5 heteroatoms. The van der Waals surface area contributed by atoms with Crippen molar-refractivity contribution in [2.75, 3.05) is 6.16 Å². The van der Waals surface area contributed by atoms with E-state index >= 15 is 4.57 Å². The van der Waals surface area contributed by atoms with Crippen LogP contribution in [-0.2, 0) is 9.13 Å². The lowest BCUT2D eigenvalue weighted by Gasteiger charge is -2.33. The fraction of sp³-hybridized carbons (Fsp3) is 0.200. The van der Waals surface area contributed by atoms with Crippen molar-refractivity contribution in [1.29, 1.82) is 0 Å². The second-order valence-electron chi connectivity index (χ2n) is 9.30. The average molecular weight is 501 g/mol. The second-order valence-corrected chi connectivity index (χ2v) is 15.2. The maximum Gasteiger partial charge on any atom is 0.146 e. The second kappa shape index (κ2) is 10.1. The van der Waals surface area contributed by atoms with Gasteiger partial charge in [0, 0.05) is 39.0 Å². The molecule has 0 aromatic heterocycles. The van der Waals surface area contributed by atoms with Crippen LogP contribution in [0.4, 0.5) is 0 Å². The van der Waals surface area contributed by atoms with E-state index in [0.717, 1.165) is 21.2 Å². The minimum atomic E-state index is -3.12. The monoisotopic (exact) mass is 500 g/mol. The molecule has 0 spiro atoms. The van der Waals surface area contributed by atoms with Crippen molar-refractivity contribution in [3.05, 3.63) is 121 Å². The molecule has 3 nitrogen and oxygen atoms in total. The standard InChI is InChI=1S/C30H30O3P2/c31-29-21-22-30(35(33,26-17-9-3-10-18-26)27-19-11-4-12-20-27)28(29)23-34(32,24-13-5-1-6-14-24)25-15-7-2-8-16-25/h1-20,28-31H,21-23H2/t28-,29+,30-/m1/s1. The lowest BCUT2D eigenvalue weighted by Crippen LogP contribution is -2.35. The molecule has 0 amide bonds. The molecule has 1 fully saturated rings. The van der Waals surface area contributed by atoms with Gasteiger partial charge in [0.15, 0.2) is 0 Å². The lowest BCUT2D eigenvalue weighted by molar-refractivity contribution is 0.143. The van der Waals surface area contributed by atoms with Gasteiger partial charge < -0.3 is 14.2 Å². The smallest absolute Gasteiger partial charge is 0.146 e. The van der Waals surface area contributed by atoms with E-state index in [2.05, 4.69) is 0 Å². The number of aliphatic hydroxyl groups excluding tert-OH is 1. The molecule has 0 radical (unpaired) electrons. The zero-order valence-electron chi connectivity index (χ0n) is 19.6. The summed E-state index contributed by atoms with van der Waals surface area (Å²) >= 11 is 0. The minimum absolute atomic E-state index is 0.288. The van der Waals surface area contributed by atoms with Gasteiger partial charge in [-0.2, -0.15) is 0 Å². The molecule has 0 saturated heterocycles. The summed E-state index contributed by atoms with van der Waals surface area (Å²) in [5.74, 6) is -0.354. The fourth-order valence-corrected chi connectivity index (χ4v) is 12.5. The Labute approximate surface area is 207 Å². The molecule has 4 aromatic carbocycles. The van der Waals surface area contributed by atoms with Gasteiger partial charge in [0.1, 0.15) is 14.3 Å². The Morgan fingerprint density at radius 2 is 0.943 bits per heavy atom. The van der Waals surface area contributed by atoms with Crippen LogP contribution in [-0.4, -0.2) is 23.0 Å². The molecule has 5 rings (SSSR count). The van der Waals surface area contributed by atoms with Crippen LogP contribution in [0.3, 0.4) is 0 Å². The highest BCUT2D eigenvalue weighted by atomic mass is 31.2. The molecular formula is C30H30O3P2. The number of hydrogen-bond acceptors (Lipinski definition) is 3. The van der Waals surface area contributed by atoms with E-state index in [9.17, 15) is 9.67 Å². The molecule has 1 aliphatic rings. The van der Waals surface area contributed by atoms with Gasteiger partial charge in [-0.05, 0) is 12.8 Å². The van der Waals surface area contributed by atoms with E-state index in [1.807, 2.05) is 121 Å². The van der Waals surface area contributed by atoms with Gasteiger partial charge in [-0.15, -0.1) is 0 Å². The quantitative estimate of drug-likeness (QED) is 0.357. The summed E-state index contributed by atoms with van der Waals surface area (Å²) in [6, 6.07) is 38.4. The highest BCUT2D eigenvalue weighted by molar-refractivity contribution is 7.80. The molecule has 4 aromatic rings. The van der Waals surface area contributed by atoms with Crippen molar-refractivity contribution in [1.82, 2.24) is 0 Å². The summed E-state index contributed by atoms with van der Waals surface area (Å²) in [7, 11) is -6.20. The van der Waals surface area contributed by atoms with Crippen LogP contribution in [0.5, 0.6) is 0 Å². The Kier molecular flexibility index (Phi) is 6.94. The van der Waals surface area contributed by atoms with Gasteiger partial charge >= 0.3 is 0 Å². The third-order valence-corrected chi connectivity index (χ3v) is 14.2. The first-order chi connectivity index (χ1) is 17.0. The summed E-state index contributed by atoms with van der Waals surface area (Å²) in [6.45, 7) is 0. The van der Waals surface area contributed by atoms with Crippen LogP contribution in [0.25, 0.3) is 0 Å². The first kappa shape index (κ1) is 24.0. The van der Waals surface area contributed by atoms with E-state index < -0.39 is 20.4 Å². The van der Waals surface area contributed by atoms with Crippen LogP contribution in [0.2, 0.25) is 0 Å². The average Bonchev–Trinajstić information content (AvgIpc) is 3.30. The van der Waals surface area contributed by atoms with E-state index in [-0.39, 0.29) is 17.7 Å².